The minimum Gasteiger partial charge on any atom is -0.352 e. The summed E-state index contributed by atoms with van der Waals surface area (Å²) in [6.07, 6.45) is 5.14. The molecule has 0 heterocycles. The number of hydrogen-bond acceptors (Lipinski definition) is 4. The number of anilines is 1. The van der Waals surface area contributed by atoms with Gasteiger partial charge in [-0.2, -0.15) is 0 Å². The minimum atomic E-state index is -3.86. The smallest absolute Gasteiger partial charge is 0.244 e. The molecule has 0 aromatic heterocycles. The molecule has 0 radical (unpaired) electrons. The lowest BCUT2D eigenvalue weighted by Gasteiger charge is -2.34. The highest BCUT2D eigenvalue weighted by molar-refractivity contribution is 9.10. The number of rotatable bonds is 11. The molecule has 1 N–H and O–H groups in total. The summed E-state index contributed by atoms with van der Waals surface area (Å²) in [6.45, 7) is -0.469. The summed E-state index contributed by atoms with van der Waals surface area (Å²) in [4.78, 5) is 29.5. The van der Waals surface area contributed by atoms with Crippen molar-refractivity contribution in [2.24, 2.45) is 0 Å². The molecule has 1 saturated carbocycles. The van der Waals surface area contributed by atoms with E-state index in [-0.39, 0.29) is 24.9 Å². The first-order chi connectivity index (χ1) is 19.5. The van der Waals surface area contributed by atoms with Crippen LogP contribution in [0.3, 0.4) is 0 Å². The van der Waals surface area contributed by atoms with E-state index in [0.717, 1.165) is 41.8 Å². The van der Waals surface area contributed by atoms with Gasteiger partial charge in [-0.05, 0) is 64.2 Å². The van der Waals surface area contributed by atoms with Crippen molar-refractivity contribution in [2.45, 2.75) is 50.7 Å². The number of carbonyl (C=O) groups excluding carboxylic acids is 2. The Morgan fingerprint density at radius 2 is 1.61 bits per heavy atom. The van der Waals surface area contributed by atoms with Crippen molar-refractivity contribution < 1.29 is 18.0 Å². The fourth-order valence-corrected chi connectivity index (χ4v) is 6.80. The molecule has 1 atom stereocenters. The molecule has 3 aromatic rings. The summed E-state index contributed by atoms with van der Waals surface area (Å²) in [5, 5.41) is 3.83. The van der Waals surface area contributed by atoms with Crippen LogP contribution in [0.1, 0.15) is 36.8 Å². The Hall–Kier alpha value is -2.59. The zero-order valence-corrected chi connectivity index (χ0v) is 26.5. The van der Waals surface area contributed by atoms with Crippen molar-refractivity contribution >= 4 is 66.7 Å². The van der Waals surface area contributed by atoms with E-state index in [2.05, 4.69) is 21.2 Å². The molecule has 3 aromatic carbocycles. The molecule has 0 aliphatic heterocycles. The molecular formula is C30H32BrCl2N3O4S. The number of sulfonamides is 1. The predicted molar refractivity (Wildman–Crippen MR) is 168 cm³/mol. The molecule has 1 fully saturated rings. The quantitative estimate of drug-likeness (QED) is 0.261. The second-order valence-corrected chi connectivity index (χ2v) is 13.8. The molecule has 1 aliphatic rings. The number of halogens is 3. The Morgan fingerprint density at radius 1 is 0.951 bits per heavy atom. The van der Waals surface area contributed by atoms with E-state index in [0.29, 0.717) is 25.8 Å². The lowest BCUT2D eigenvalue weighted by molar-refractivity contribution is -0.140. The van der Waals surface area contributed by atoms with E-state index < -0.39 is 28.5 Å². The third kappa shape index (κ3) is 8.47. The fourth-order valence-electron chi connectivity index (χ4n) is 5.00. The molecule has 4 rings (SSSR count). The zero-order chi connectivity index (χ0) is 29.6. The van der Waals surface area contributed by atoms with Crippen molar-refractivity contribution in [3.05, 3.63) is 98.4 Å². The van der Waals surface area contributed by atoms with E-state index >= 15 is 0 Å². The van der Waals surface area contributed by atoms with Crippen LogP contribution in [0.4, 0.5) is 5.69 Å². The van der Waals surface area contributed by atoms with Crippen LogP contribution < -0.4 is 9.62 Å². The SMILES string of the molecule is CS(=O)(=O)N(CC(=O)N(Cc1ccc(Cl)c(Cl)c1)[C@H](Cc1ccccc1)C(=O)NC1CCCC1)c1ccccc1Br. The summed E-state index contributed by atoms with van der Waals surface area (Å²) in [7, 11) is -3.86. The standard InChI is InChI=1S/C30H32BrCl2N3O4S/c1-41(39,40)36(27-14-8-7-13-24(27)31)20-29(37)35(19-22-15-16-25(32)26(33)17-22)28(18-21-9-3-2-4-10-21)30(38)34-23-11-5-6-12-23/h2-4,7-10,13-17,23,28H,5-6,11-12,18-20H2,1H3,(H,34,38)/t28-/m1/s1. The Morgan fingerprint density at radius 3 is 2.24 bits per heavy atom. The highest BCUT2D eigenvalue weighted by atomic mass is 79.9. The molecule has 218 valence electrons. The van der Waals surface area contributed by atoms with Crippen molar-refractivity contribution in [1.82, 2.24) is 10.2 Å². The molecule has 11 heteroatoms. The van der Waals surface area contributed by atoms with Crippen molar-refractivity contribution in [1.29, 1.82) is 0 Å². The second-order valence-electron chi connectivity index (χ2n) is 10.2. The maximum Gasteiger partial charge on any atom is 0.244 e. The first-order valence-corrected chi connectivity index (χ1v) is 16.7. The van der Waals surface area contributed by atoms with Crippen molar-refractivity contribution in [3.8, 4) is 0 Å². The molecule has 0 unspecified atom stereocenters. The lowest BCUT2D eigenvalue weighted by Crippen LogP contribution is -2.54. The van der Waals surface area contributed by atoms with E-state index in [4.69, 9.17) is 23.2 Å². The lowest BCUT2D eigenvalue weighted by atomic mass is 10.0. The highest BCUT2D eigenvalue weighted by Crippen LogP contribution is 2.29. The topological polar surface area (TPSA) is 86.8 Å². The highest BCUT2D eigenvalue weighted by Gasteiger charge is 2.34. The van der Waals surface area contributed by atoms with Gasteiger partial charge >= 0.3 is 0 Å². The molecule has 1 aliphatic carbocycles. The van der Waals surface area contributed by atoms with Gasteiger partial charge in [0.25, 0.3) is 0 Å². The molecule has 2 amide bonds. The van der Waals surface area contributed by atoms with Gasteiger partial charge in [0.2, 0.25) is 21.8 Å². The van der Waals surface area contributed by atoms with Gasteiger partial charge in [0.15, 0.2) is 0 Å². The average molecular weight is 681 g/mol. The van der Waals surface area contributed by atoms with E-state index in [1.807, 2.05) is 30.3 Å². The van der Waals surface area contributed by atoms with Gasteiger partial charge in [-0.25, -0.2) is 8.42 Å². The van der Waals surface area contributed by atoms with Gasteiger partial charge in [-0.3, -0.25) is 13.9 Å². The van der Waals surface area contributed by atoms with Crippen molar-refractivity contribution in [3.63, 3.8) is 0 Å². The first kappa shape index (κ1) is 31.3. The molecule has 0 spiro atoms. The Balaban J connectivity index is 1.74. The molecular weight excluding hydrogens is 649 g/mol. The Kier molecular flexibility index (Phi) is 10.7. The van der Waals surface area contributed by atoms with Crippen LogP contribution in [0.5, 0.6) is 0 Å². The van der Waals surface area contributed by atoms with Gasteiger partial charge in [0, 0.05) is 23.5 Å². The van der Waals surface area contributed by atoms with Crippen LogP contribution in [-0.4, -0.2) is 50.0 Å². The van der Waals surface area contributed by atoms with Crippen LogP contribution in [0.15, 0.2) is 77.3 Å². The predicted octanol–water partition coefficient (Wildman–Crippen LogP) is 6.22. The number of carbonyl (C=O) groups is 2. The number of nitrogens with zero attached hydrogens (tertiary/aromatic N) is 2. The van der Waals surface area contributed by atoms with Crippen LogP contribution in [0.25, 0.3) is 0 Å². The van der Waals surface area contributed by atoms with E-state index in [1.54, 1.807) is 42.5 Å². The van der Waals surface area contributed by atoms with Crippen LogP contribution in [-0.2, 0) is 32.6 Å². The van der Waals surface area contributed by atoms with Gasteiger partial charge in [-0.15, -0.1) is 0 Å². The summed E-state index contributed by atoms with van der Waals surface area (Å²) in [6, 6.07) is 20.4. The zero-order valence-electron chi connectivity index (χ0n) is 22.6. The van der Waals surface area contributed by atoms with Gasteiger partial charge in [0.1, 0.15) is 12.6 Å². The Bertz CT molecular complexity index is 1480. The van der Waals surface area contributed by atoms with E-state index in [1.165, 1.54) is 4.90 Å². The molecule has 41 heavy (non-hydrogen) atoms. The first-order valence-electron chi connectivity index (χ1n) is 13.3. The van der Waals surface area contributed by atoms with Crippen LogP contribution in [0, 0.1) is 0 Å². The third-order valence-corrected chi connectivity index (χ3v) is 9.65. The van der Waals surface area contributed by atoms with Crippen LogP contribution >= 0.6 is 39.1 Å². The van der Waals surface area contributed by atoms with Gasteiger partial charge in [-0.1, -0.05) is 84.6 Å². The molecule has 0 bridgehead atoms. The monoisotopic (exact) mass is 679 g/mol. The summed E-state index contributed by atoms with van der Waals surface area (Å²) >= 11 is 15.8. The Labute approximate surface area is 260 Å². The molecule has 7 nitrogen and oxygen atoms in total. The van der Waals surface area contributed by atoms with Crippen molar-refractivity contribution in [2.75, 3.05) is 17.1 Å². The average Bonchev–Trinajstić information content (AvgIpc) is 3.44. The molecule has 0 saturated heterocycles. The third-order valence-electron chi connectivity index (χ3n) is 7.11. The number of nitrogens with one attached hydrogen (secondary N) is 1. The minimum absolute atomic E-state index is 0.0267. The normalized spacial score (nSPS) is 14.4. The maximum absolute atomic E-state index is 14.2. The summed E-state index contributed by atoms with van der Waals surface area (Å²) in [5.74, 6) is -0.805. The summed E-state index contributed by atoms with van der Waals surface area (Å²) in [5.41, 5.74) is 1.86. The summed E-state index contributed by atoms with van der Waals surface area (Å²) < 4.78 is 27.4. The fraction of sp³-hybridized carbons (Fsp3) is 0.333. The number of amides is 2. The van der Waals surface area contributed by atoms with Gasteiger partial charge < -0.3 is 10.2 Å². The number of hydrogen-bond donors (Lipinski definition) is 1. The number of para-hydroxylation sites is 1. The number of benzene rings is 3. The van der Waals surface area contributed by atoms with Gasteiger partial charge in [0.05, 0.1) is 22.0 Å². The maximum atomic E-state index is 14.2. The van der Waals surface area contributed by atoms with Crippen LogP contribution in [0.2, 0.25) is 10.0 Å². The van der Waals surface area contributed by atoms with E-state index in [9.17, 15) is 18.0 Å². The second kappa shape index (κ2) is 14.1. The largest absolute Gasteiger partial charge is 0.352 e.